The lowest BCUT2D eigenvalue weighted by Crippen LogP contribution is -2.57. The Morgan fingerprint density at radius 1 is 1.06 bits per heavy atom. The largest absolute Gasteiger partial charge is 0.457 e. The molecule has 2 bridgehead atoms. The Kier molecular flexibility index (Phi) is 10.2. The monoisotopic (exact) mass is 473 g/mol. The summed E-state index contributed by atoms with van der Waals surface area (Å²) in [4.78, 5) is 50.4. The fourth-order valence-corrected chi connectivity index (χ4v) is 5.36. The number of allylic oxidation sites excluding steroid dienone is 1. The molecule has 3 amide bonds. The fourth-order valence-electron chi connectivity index (χ4n) is 3.20. The van der Waals surface area contributed by atoms with Crippen molar-refractivity contribution in [1.29, 1.82) is 0 Å². The van der Waals surface area contributed by atoms with Crippen molar-refractivity contribution in [3.05, 3.63) is 12.2 Å². The van der Waals surface area contributed by atoms with Crippen LogP contribution in [0.3, 0.4) is 0 Å². The minimum absolute atomic E-state index is 0.147. The Morgan fingerprint density at radius 3 is 2.52 bits per heavy atom. The number of rotatable bonds is 1. The molecule has 2 aliphatic rings. The molecule has 4 N–H and O–H groups in total. The van der Waals surface area contributed by atoms with Gasteiger partial charge in [-0.1, -0.05) is 41.5 Å². The van der Waals surface area contributed by atoms with Gasteiger partial charge in [0, 0.05) is 11.5 Å². The highest BCUT2D eigenvalue weighted by molar-refractivity contribution is 8.76. The Morgan fingerprint density at radius 2 is 1.81 bits per heavy atom. The van der Waals surface area contributed by atoms with Crippen molar-refractivity contribution >= 4 is 45.3 Å². The number of hydrogen-bond acceptors (Lipinski definition) is 8. The SMILES string of the molecule is CC1NC(=O)CC2/C=C/CCSSCC(NC1=O)C(=O)NC(C(C)C)C(O)CC(=O)O2. The quantitative estimate of drug-likeness (QED) is 0.246. The number of hydrogen-bond donors (Lipinski definition) is 4. The summed E-state index contributed by atoms with van der Waals surface area (Å²) in [6, 6.07) is -2.44. The number of fused-ring (bicyclic) bond motifs is 7. The molecular formula is C20H31N3O6S2. The van der Waals surface area contributed by atoms with E-state index in [2.05, 4.69) is 16.0 Å². The van der Waals surface area contributed by atoms with Crippen molar-refractivity contribution in [2.24, 2.45) is 5.92 Å². The second-order valence-electron chi connectivity index (χ2n) is 7.96. The Labute approximate surface area is 190 Å². The molecule has 5 unspecified atom stereocenters. The number of nitrogens with one attached hydrogen (secondary N) is 3. The van der Waals surface area contributed by atoms with E-state index in [0.717, 1.165) is 5.75 Å². The van der Waals surface area contributed by atoms with Crippen molar-refractivity contribution in [2.75, 3.05) is 11.5 Å². The lowest BCUT2D eigenvalue weighted by Gasteiger charge is -2.29. The van der Waals surface area contributed by atoms with Crippen LogP contribution in [0, 0.1) is 5.92 Å². The van der Waals surface area contributed by atoms with E-state index >= 15 is 0 Å². The number of amides is 3. The summed E-state index contributed by atoms with van der Waals surface area (Å²) in [5.74, 6) is -1.17. The molecule has 31 heavy (non-hydrogen) atoms. The number of ether oxygens (including phenoxy) is 1. The lowest BCUT2D eigenvalue weighted by molar-refractivity contribution is -0.151. The minimum atomic E-state index is -1.18. The molecule has 0 aromatic rings. The van der Waals surface area contributed by atoms with E-state index in [4.69, 9.17) is 4.74 Å². The van der Waals surface area contributed by atoms with Gasteiger partial charge in [0.1, 0.15) is 18.2 Å². The molecule has 0 aromatic carbocycles. The molecule has 5 atom stereocenters. The van der Waals surface area contributed by atoms with Crippen molar-refractivity contribution in [2.45, 2.75) is 70.4 Å². The summed E-state index contributed by atoms with van der Waals surface area (Å²) >= 11 is 0. The Hall–Kier alpha value is -1.72. The predicted molar refractivity (Wildman–Crippen MR) is 120 cm³/mol. The zero-order chi connectivity index (χ0) is 23.0. The number of carbonyl (C=O) groups is 4. The van der Waals surface area contributed by atoms with E-state index < -0.39 is 54.0 Å². The normalized spacial score (nSPS) is 33.1. The van der Waals surface area contributed by atoms with Gasteiger partial charge < -0.3 is 25.8 Å². The average Bonchev–Trinajstić information content (AvgIpc) is 2.68. The van der Waals surface area contributed by atoms with Crippen LogP contribution < -0.4 is 16.0 Å². The van der Waals surface area contributed by atoms with Crippen LogP contribution in [-0.2, 0) is 23.9 Å². The maximum atomic E-state index is 13.0. The van der Waals surface area contributed by atoms with Gasteiger partial charge >= 0.3 is 5.97 Å². The standard InChI is InChI=1S/C20H31N3O6S2/c1-11(2)18-15(24)9-17(26)29-13-6-4-5-7-30-31-10-14(20(28)23-18)22-19(27)12(3)21-16(25)8-13/h4,6,11-15,18,24H,5,7-10H2,1-3H3,(H,21,25)(H,22,27)(H,23,28)/b6-4+. The minimum Gasteiger partial charge on any atom is -0.457 e. The Balaban J connectivity index is 2.41. The maximum absolute atomic E-state index is 13.0. The first-order valence-electron chi connectivity index (χ1n) is 10.4. The van der Waals surface area contributed by atoms with Crippen LogP contribution in [0.2, 0.25) is 0 Å². The molecule has 2 rings (SSSR count). The van der Waals surface area contributed by atoms with E-state index in [1.165, 1.54) is 17.7 Å². The van der Waals surface area contributed by atoms with Crippen LogP contribution in [0.5, 0.6) is 0 Å². The molecule has 174 valence electrons. The Bertz CT molecular complexity index is 702. The van der Waals surface area contributed by atoms with E-state index in [1.807, 2.05) is 19.9 Å². The number of aliphatic hydroxyl groups is 1. The third-order valence-electron chi connectivity index (χ3n) is 4.93. The van der Waals surface area contributed by atoms with E-state index in [-0.39, 0.29) is 18.8 Å². The molecule has 0 aliphatic carbocycles. The molecule has 0 aromatic heterocycles. The second kappa shape index (κ2) is 12.4. The fraction of sp³-hybridized carbons (Fsp3) is 0.700. The van der Waals surface area contributed by atoms with Gasteiger partial charge in [-0.3, -0.25) is 19.2 Å². The summed E-state index contributed by atoms with van der Waals surface area (Å²) in [7, 11) is 3.02. The van der Waals surface area contributed by atoms with Crippen molar-refractivity contribution in [3.8, 4) is 0 Å². The predicted octanol–water partition coefficient (Wildman–Crippen LogP) is 0.525. The molecule has 0 spiro atoms. The highest BCUT2D eigenvalue weighted by Crippen LogP contribution is 2.24. The van der Waals surface area contributed by atoms with E-state index in [1.54, 1.807) is 16.9 Å². The first-order chi connectivity index (χ1) is 14.7. The van der Waals surface area contributed by atoms with Crippen LogP contribution in [0.15, 0.2) is 12.2 Å². The smallest absolute Gasteiger partial charge is 0.309 e. The number of carbonyl (C=O) groups excluding carboxylic acids is 4. The van der Waals surface area contributed by atoms with Gasteiger partial charge in [-0.2, -0.15) is 0 Å². The number of esters is 1. The highest BCUT2D eigenvalue weighted by Gasteiger charge is 2.32. The summed E-state index contributed by atoms with van der Waals surface area (Å²) in [5.41, 5.74) is 0. The third kappa shape index (κ3) is 8.38. The van der Waals surface area contributed by atoms with Crippen molar-refractivity contribution < 1.29 is 29.0 Å². The first kappa shape index (κ1) is 25.5. The summed E-state index contributed by atoms with van der Waals surface area (Å²) < 4.78 is 5.43. The molecule has 9 nitrogen and oxygen atoms in total. The lowest BCUT2D eigenvalue weighted by atomic mass is 9.96. The van der Waals surface area contributed by atoms with Gasteiger partial charge in [0.05, 0.1) is 25.0 Å². The zero-order valence-corrected chi connectivity index (χ0v) is 19.6. The van der Waals surface area contributed by atoms with Crippen molar-refractivity contribution in [1.82, 2.24) is 16.0 Å². The maximum Gasteiger partial charge on any atom is 0.309 e. The zero-order valence-electron chi connectivity index (χ0n) is 18.0. The van der Waals surface area contributed by atoms with Gasteiger partial charge in [-0.05, 0) is 25.3 Å². The topological polar surface area (TPSA) is 134 Å². The molecule has 11 heteroatoms. The molecular weight excluding hydrogens is 442 g/mol. The third-order valence-corrected chi connectivity index (χ3v) is 7.37. The van der Waals surface area contributed by atoms with Crippen LogP contribution in [0.1, 0.15) is 40.0 Å². The van der Waals surface area contributed by atoms with Gasteiger partial charge in [-0.15, -0.1) is 0 Å². The van der Waals surface area contributed by atoms with E-state index in [0.29, 0.717) is 12.2 Å². The van der Waals surface area contributed by atoms with Gasteiger partial charge in [-0.25, -0.2) is 0 Å². The van der Waals surface area contributed by atoms with Gasteiger partial charge in [0.2, 0.25) is 17.7 Å². The summed E-state index contributed by atoms with van der Waals surface area (Å²) in [6.45, 7) is 5.17. The van der Waals surface area contributed by atoms with Crippen LogP contribution in [0.25, 0.3) is 0 Å². The average molecular weight is 474 g/mol. The van der Waals surface area contributed by atoms with Crippen molar-refractivity contribution in [3.63, 3.8) is 0 Å². The molecule has 2 heterocycles. The van der Waals surface area contributed by atoms with Crippen LogP contribution >= 0.6 is 21.6 Å². The summed E-state index contributed by atoms with van der Waals surface area (Å²) in [5, 5.41) is 18.7. The van der Waals surface area contributed by atoms with Crippen LogP contribution in [-0.4, -0.2) is 70.6 Å². The first-order valence-corrected chi connectivity index (χ1v) is 12.8. The summed E-state index contributed by atoms with van der Waals surface area (Å²) in [6.07, 6.45) is 1.72. The molecule has 1 saturated heterocycles. The van der Waals surface area contributed by atoms with E-state index in [9.17, 15) is 24.3 Å². The van der Waals surface area contributed by atoms with Gasteiger partial charge in [0.15, 0.2) is 0 Å². The second-order valence-corrected chi connectivity index (χ2v) is 10.6. The molecule has 0 radical (unpaired) electrons. The molecule has 0 saturated carbocycles. The molecule has 1 fully saturated rings. The van der Waals surface area contributed by atoms with Crippen LogP contribution in [0.4, 0.5) is 0 Å². The van der Waals surface area contributed by atoms with Gasteiger partial charge in [0.25, 0.3) is 0 Å². The number of aliphatic hydroxyl groups excluding tert-OH is 1. The molecule has 2 aliphatic heterocycles. The highest BCUT2D eigenvalue weighted by atomic mass is 33.1.